The summed E-state index contributed by atoms with van der Waals surface area (Å²) in [7, 11) is 0. The molecular weight excluding hydrogens is 256 g/mol. The molecule has 2 atom stereocenters. The van der Waals surface area contributed by atoms with Crippen LogP contribution in [0.3, 0.4) is 0 Å². The van der Waals surface area contributed by atoms with Gasteiger partial charge in [-0.2, -0.15) is 0 Å². The van der Waals surface area contributed by atoms with Crippen molar-refractivity contribution >= 4 is 29.2 Å². The number of carboxylic acids is 1. The first-order chi connectivity index (χ1) is 8.58. The number of nitrogens with zero attached hydrogens (tertiary/aromatic N) is 1. The number of amides is 1. The number of hydrogen-bond acceptors (Lipinski definition) is 3. The Morgan fingerprint density at radius 2 is 2.22 bits per heavy atom. The highest BCUT2D eigenvalue weighted by atomic mass is 35.5. The number of hydrogen-bond donors (Lipinski definition) is 2. The predicted molar refractivity (Wildman–Crippen MR) is 65.7 cm³/mol. The Bertz CT molecular complexity index is 546. The molecule has 1 amide bonds. The molecule has 1 aromatic rings. The summed E-state index contributed by atoms with van der Waals surface area (Å²) in [5.74, 6) is -1.22. The van der Waals surface area contributed by atoms with Gasteiger partial charge in [-0.1, -0.05) is 11.6 Å². The molecule has 1 saturated heterocycles. The van der Waals surface area contributed by atoms with Crippen molar-refractivity contribution in [3.8, 4) is 0 Å². The fourth-order valence-electron chi connectivity index (χ4n) is 2.62. The summed E-state index contributed by atoms with van der Waals surface area (Å²) in [4.78, 5) is 24.9. The van der Waals surface area contributed by atoms with Gasteiger partial charge >= 0.3 is 5.97 Å². The van der Waals surface area contributed by atoms with Crippen LogP contribution in [-0.2, 0) is 4.79 Å². The fraction of sp³-hybridized carbons (Fsp3) is 0.333. The fourth-order valence-corrected chi connectivity index (χ4v) is 2.79. The van der Waals surface area contributed by atoms with Crippen LogP contribution in [0.5, 0.6) is 0 Å². The van der Waals surface area contributed by atoms with E-state index in [1.54, 1.807) is 18.2 Å². The summed E-state index contributed by atoms with van der Waals surface area (Å²) in [5, 5.41) is 12.8. The summed E-state index contributed by atoms with van der Waals surface area (Å²) in [6.07, 6.45) is 0.887. The number of benzene rings is 1. The number of fused-ring (bicyclic) bond motifs is 2. The number of rotatable bonds is 1. The molecule has 0 unspecified atom stereocenters. The topological polar surface area (TPSA) is 69.6 Å². The van der Waals surface area contributed by atoms with E-state index in [0.717, 1.165) is 5.69 Å². The van der Waals surface area contributed by atoms with Gasteiger partial charge in [0.05, 0.1) is 5.56 Å². The van der Waals surface area contributed by atoms with Gasteiger partial charge < -0.3 is 15.3 Å². The standard InChI is InChI=1S/C12H11ClN2O3/c13-6-1-2-8-7(5-6)11(16)15-9(12(17)18)3-4-10(15)14-8/h1-2,5,9-10,14H,3-4H2,(H,17,18)/t9-,10+/m0/s1. The molecule has 2 N–H and O–H groups in total. The maximum absolute atomic E-state index is 12.3. The first-order valence-corrected chi connectivity index (χ1v) is 6.07. The molecule has 1 fully saturated rings. The maximum Gasteiger partial charge on any atom is 0.326 e. The molecule has 6 heteroatoms. The molecule has 0 saturated carbocycles. The number of anilines is 1. The van der Waals surface area contributed by atoms with Crippen molar-refractivity contribution in [1.29, 1.82) is 0 Å². The lowest BCUT2D eigenvalue weighted by Gasteiger charge is -2.34. The Labute approximate surface area is 108 Å². The van der Waals surface area contributed by atoms with Gasteiger partial charge in [-0.25, -0.2) is 4.79 Å². The number of nitrogens with one attached hydrogen (secondary N) is 1. The molecular formula is C12H11ClN2O3. The number of carbonyl (C=O) groups excluding carboxylic acids is 1. The molecule has 2 heterocycles. The third-order valence-electron chi connectivity index (χ3n) is 3.44. The summed E-state index contributed by atoms with van der Waals surface area (Å²) in [6.45, 7) is 0. The average molecular weight is 267 g/mol. The van der Waals surface area contributed by atoms with Gasteiger partial charge in [0.25, 0.3) is 5.91 Å². The van der Waals surface area contributed by atoms with Crippen LogP contribution in [0, 0.1) is 0 Å². The lowest BCUT2D eigenvalue weighted by Crippen LogP contribution is -2.50. The second kappa shape index (κ2) is 3.88. The Kier molecular flexibility index (Phi) is 2.45. The monoisotopic (exact) mass is 266 g/mol. The highest BCUT2D eigenvalue weighted by molar-refractivity contribution is 6.31. The van der Waals surface area contributed by atoms with Crippen molar-refractivity contribution < 1.29 is 14.7 Å². The number of carboxylic acid groups (broad SMARTS) is 1. The highest BCUT2D eigenvalue weighted by Crippen LogP contribution is 2.35. The molecule has 0 bridgehead atoms. The molecule has 0 spiro atoms. The van der Waals surface area contributed by atoms with Crippen LogP contribution in [0.25, 0.3) is 0 Å². The third kappa shape index (κ3) is 1.54. The molecule has 0 aromatic heterocycles. The first-order valence-electron chi connectivity index (χ1n) is 5.69. The normalized spacial score (nSPS) is 25.4. The minimum atomic E-state index is -0.960. The molecule has 2 aliphatic heterocycles. The van der Waals surface area contributed by atoms with Gasteiger partial charge in [0.1, 0.15) is 12.2 Å². The van der Waals surface area contributed by atoms with Crippen LogP contribution >= 0.6 is 11.6 Å². The molecule has 5 nitrogen and oxygen atoms in total. The van der Waals surface area contributed by atoms with Crippen molar-refractivity contribution in [2.24, 2.45) is 0 Å². The second-order valence-corrected chi connectivity index (χ2v) is 4.93. The molecule has 0 radical (unpaired) electrons. The Hall–Kier alpha value is -1.75. The van der Waals surface area contributed by atoms with Crippen LogP contribution < -0.4 is 5.32 Å². The van der Waals surface area contributed by atoms with Gasteiger partial charge in [-0.05, 0) is 31.0 Å². The summed E-state index contributed by atoms with van der Waals surface area (Å²) < 4.78 is 0. The summed E-state index contributed by atoms with van der Waals surface area (Å²) >= 11 is 5.87. The minimum absolute atomic E-state index is 0.229. The van der Waals surface area contributed by atoms with E-state index in [1.807, 2.05) is 0 Å². The Balaban J connectivity index is 2.04. The first kappa shape index (κ1) is 11.3. The Morgan fingerprint density at radius 1 is 1.44 bits per heavy atom. The van der Waals surface area contributed by atoms with Gasteiger partial charge in [0.2, 0.25) is 0 Å². The van der Waals surface area contributed by atoms with E-state index in [9.17, 15) is 9.59 Å². The quantitative estimate of drug-likeness (QED) is 0.813. The van der Waals surface area contributed by atoms with Crippen LogP contribution in [-0.4, -0.2) is 34.1 Å². The maximum atomic E-state index is 12.3. The van der Waals surface area contributed by atoms with Gasteiger partial charge in [0, 0.05) is 10.7 Å². The van der Waals surface area contributed by atoms with Crippen LogP contribution in [0.15, 0.2) is 18.2 Å². The zero-order valence-corrected chi connectivity index (χ0v) is 10.1. The zero-order chi connectivity index (χ0) is 12.9. The van der Waals surface area contributed by atoms with Crippen LogP contribution in [0.4, 0.5) is 5.69 Å². The highest BCUT2D eigenvalue weighted by Gasteiger charge is 2.44. The van der Waals surface area contributed by atoms with E-state index in [4.69, 9.17) is 16.7 Å². The minimum Gasteiger partial charge on any atom is -0.480 e. The third-order valence-corrected chi connectivity index (χ3v) is 3.67. The van der Waals surface area contributed by atoms with Gasteiger partial charge in [0.15, 0.2) is 0 Å². The lowest BCUT2D eigenvalue weighted by atomic mass is 10.1. The van der Waals surface area contributed by atoms with Crippen molar-refractivity contribution in [3.05, 3.63) is 28.8 Å². The molecule has 94 valence electrons. The Morgan fingerprint density at radius 3 is 2.94 bits per heavy atom. The van der Waals surface area contributed by atoms with E-state index < -0.39 is 12.0 Å². The summed E-state index contributed by atoms with van der Waals surface area (Å²) in [6, 6.07) is 4.28. The molecule has 18 heavy (non-hydrogen) atoms. The molecule has 0 aliphatic carbocycles. The smallest absolute Gasteiger partial charge is 0.326 e. The zero-order valence-electron chi connectivity index (χ0n) is 9.39. The predicted octanol–water partition coefficient (Wildman–Crippen LogP) is 1.78. The van der Waals surface area contributed by atoms with Crippen LogP contribution in [0.2, 0.25) is 5.02 Å². The second-order valence-electron chi connectivity index (χ2n) is 4.49. The van der Waals surface area contributed by atoms with E-state index in [0.29, 0.717) is 23.4 Å². The summed E-state index contributed by atoms with van der Waals surface area (Å²) in [5.41, 5.74) is 1.16. The van der Waals surface area contributed by atoms with Crippen molar-refractivity contribution in [2.45, 2.75) is 25.0 Å². The number of halogens is 1. The lowest BCUT2D eigenvalue weighted by molar-refractivity contribution is -0.141. The number of carbonyl (C=O) groups is 2. The van der Waals surface area contributed by atoms with Gasteiger partial charge in [-0.15, -0.1) is 0 Å². The largest absolute Gasteiger partial charge is 0.480 e. The SMILES string of the molecule is O=C(O)[C@@H]1CC[C@@H]2Nc3ccc(Cl)cc3C(=O)N21. The van der Waals surface area contributed by atoms with E-state index in [2.05, 4.69) is 5.32 Å². The molecule has 3 rings (SSSR count). The molecule has 2 aliphatic rings. The molecule has 1 aromatic carbocycles. The van der Waals surface area contributed by atoms with E-state index >= 15 is 0 Å². The van der Waals surface area contributed by atoms with Crippen molar-refractivity contribution in [3.63, 3.8) is 0 Å². The average Bonchev–Trinajstić information content (AvgIpc) is 2.74. The van der Waals surface area contributed by atoms with E-state index in [-0.39, 0.29) is 12.1 Å². The van der Waals surface area contributed by atoms with E-state index in [1.165, 1.54) is 4.90 Å². The van der Waals surface area contributed by atoms with Crippen molar-refractivity contribution in [2.75, 3.05) is 5.32 Å². The van der Waals surface area contributed by atoms with Crippen LogP contribution in [0.1, 0.15) is 23.2 Å². The number of aliphatic carboxylic acids is 1. The van der Waals surface area contributed by atoms with Crippen molar-refractivity contribution in [1.82, 2.24) is 4.90 Å². The van der Waals surface area contributed by atoms with Gasteiger partial charge in [-0.3, -0.25) is 4.79 Å².